The fraction of sp³-hybridized carbons (Fsp3) is 0.865. The minimum absolute atomic E-state index is 0. The van der Waals surface area contributed by atoms with Gasteiger partial charge in [-0.3, -0.25) is 38.4 Å². The molecule has 0 spiro atoms. The second kappa shape index (κ2) is 87.7. The molecule has 0 saturated heterocycles. The summed E-state index contributed by atoms with van der Waals surface area (Å²) in [6, 6.07) is -1.50. The maximum Gasteiger partial charge on any atom is 0.430 e. The molecule has 9 N–H and O–H groups in total. The molecule has 135 heavy (non-hydrogen) atoms. The summed E-state index contributed by atoms with van der Waals surface area (Å²) in [5, 5.41) is 52.1. The molecule has 0 unspecified atom stereocenters. The average molecular weight is 2100 g/mol. The van der Waals surface area contributed by atoms with Crippen molar-refractivity contribution < 1.29 is 195 Å². The number of hydrogen-bond acceptors (Lipinski definition) is 26. The van der Waals surface area contributed by atoms with Crippen LogP contribution in [0.3, 0.4) is 0 Å². The van der Waals surface area contributed by atoms with Gasteiger partial charge in [0.2, 0.25) is 49.8 Å². The average Bonchev–Trinajstić information content (AvgIpc) is 0.892. The minimum atomic E-state index is -5.19. The van der Waals surface area contributed by atoms with Crippen LogP contribution >= 0.6 is 0 Å². The molecule has 46 heteroatoms. The number of Topliss-reactive ketones (excluding diaryl/α,β-unsaturated/α-hetero) is 4. The maximum absolute atomic E-state index is 12.5. The number of sulfonamides is 2. The van der Waals surface area contributed by atoms with Gasteiger partial charge in [0.25, 0.3) is 0 Å². The Morgan fingerprint density at radius 2 is 0.556 bits per heavy atom. The zero-order chi connectivity index (χ0) is 101. The number of alkyl halides is 3. The number of carbonyl (C=O) groups is 12. The van der Waals surface area contributed by atoms with Gasteiger partial charge in [0.15, 0.2) is 11.6 Å². The van der Waals surface area contributed by atoms with Crippen LogP contribution in [0.2, 0.25) is 0 Å². The Balaban J connectivity index is -0.000000545. The van der Waals surface area contributed by atoms with Crippen molar-refractivity contribution in [3.05, 3.63) is 0 Å². The van der Waals surface area contributed by atoms with Gasteiger partial charge in [-0.2, -0.15) is 13.2 Å². The number of aliphatic carboxylic acids is 3. The van der Waals surface area contributed by atoms with Gasteiger partial charge in [-0.05, 0) is 105 Å². The van der Waals surface area contributed by atoms with E-state index in [2.05, 4.69) is 30.7 Å². The molecule has 2 radical (unpaired) electrons. The van der Waals surface area contributed by atoms with Gasteiger partial charge in [0, 0.05) is 88.7 Å². The van der Waals surface area contributed by atoms with Crippen LogP contribution in [0.5, 0.6) is 0 Å². The summed E-state index contributed by atoms with van der Waals surface area (Å²) in [5.41, 5.74) is 0. The standard InChI is InChI=1S/2C43H82N4O12S2.C2HF3O2.CH2O3.2V/c2*1-38(48)22-17-15-13-11-9-7-5-6-8-10-12-14-16-18-23-42(51)46-40(39(2)49)24-25-41(50)44-27-21-36-60(54,55)35-19-20-37-61(56,57)45-28-29-47(3,4)30-32-59-34-33-58-31-26-43(52)53;3-2(4,5)1(6)7;2-1(3)4;;/h2*40,45H,5-37H2,1-4H3,(H2-,44,46,50,51,52,53);(H,6,7);(H2,2,3,4);;/t2*40-;;;;/m00..../s1. The molecular formula is C89H167F3N8O29S4V2. The van der Waals surface area contributed by atoms with Gasteiger partial charge in [0.05, 0.1) is 167 Å². The molecule has 0 aromatic heterocycles. The predicted molar refractivity (Wildman–Crippen MR) is 498 cm³/mol. The van der Waals surface area contributed by atoms with Crippen molar-refractivity contribution >= 4 is 111 Å². The van der Waals surface area contributed by atoms with Gasteiger partial charge in [-0.25, -0.2) is 43.1 Å². The number of sulfone groups is 2. The van der Waals surface area contributed by atoms with Crippen molar-refractivity contribution in [2.24, 2.45) is 0 Å². The van der Waals surface area contributed by atoms with Gasteiger partial charge in [-0.15, -0.1) is 0 Å². The number of nitrogens with zero attached hydrogens (tertiary/aromatic N) is 2. The molecule has 792 valence electrons. The van der Waals surface area contributed by atoms with E-state index in [1.54, 1.807) is 13.8 Å². The van der Waals surface area contributed by atoms with Crippen LogP contribution in [-0.4, -0.2) is 315 Å². The van der Waals surface area contributed by atoms with Crippen LogP contribution in [0.25, 0.3) is 0 Å². The van der Waals surface area contributed by atoms with Gasteiger partial charge in [-0.1, -0.05) is 154 Å². The molecular weight excluding hydrogens is 1930 g/mol. The molecule has 2 atom stereocenters. The van der Waals surface area contributed by atoms with Crippen molar-refractivity contribution in [1.29, 1.82) is 0 Å². The van der Waals surface area contributed by atoms with Crippen LogP contribution in [0.15, 0.2) is 0 Å². The molecule has 4 amide bonds. The number of ketones is 4. The number of ether oxygens (including phenoxy) is 4. The number of nitrogens with one attached hydrogen (secondary N) is 6. The van der Waals surface area contributed by atoms with Crippen LogP contribution in [0, 0.1) is 0 Å². The van der Waals surface area contributed by atoms with Crippen LogP contribution in [-0.2, 0) is 149 Å². The summed E-state index contributed by atoms with van der Waals surface area (Å²) in [6.07, 6.45) is 28.4. The number of rotatable bonds is 88. The zero-order valence-electron chi connectivity index (χ0n) is 81.8. The fourth-order valence-corrected chi connectivity index (χ4v) is 18.1. The van der Waals surface area contributed by atoms with Crippen molar-refractivity contribution in [2.75, 3.05) is 168 Å². The monoisotopic (exact) mass is 2100 g/mol. The van der Waals surface area contributed by atoms with E-state index in [0.717, 1.165) is 77.0 Å². The SMILES string of the molecule is CC(=O)CCCCCCCCCCCCCCCCC(=O)N[C@@H](CCC(=O)NCCCS(=O)(=O)CCCCS(=O)(=O)NCC[N+](C)(C)CCOCCOCCC(=O)O)C(C)=O.CC(=O)CCCCCCCCCCCCCCCCC(=O)N[C@@H](CCC(=O)NCCCS(=O)(=O)CCCCS(=O)(=O)NCC[N+](C)(C)CCOCCOCCC(=O)O)C(C)=O.O=C([O-])C(F)(F)F.O=C([O-])O.[V].[V]. The number of quaternary nitrogens is 2. The first-order valence-corrected chi connectivity index (χ1v) is 54.3. The molecule has 0 fully saturated rings. The molecule has 0 heterocycles. The molecule has 0 aliphatic rings. The summed E-state index contributed by atoms with van der Waals surface area (Å²) in [4.78, 5) is 134. The topological polar surface area (TPSA) is 557 Å². The molecule has 0 aromatic carbocycles. The van der Waals surface area contributed by atoms with Gasteiger partial charge < -0.3 is 93.9 Å². The van der Waals surface area contributed by atoms with Crippen molar-refractivity contribution in [3.63, 3.8) is 0 Å². The summed E-state index contributed by atoms with van der Waals surface area (Å²) in [5.74, 6) is -6.77. The van der Waals surface area contributed by atoms with E-state index in [-0.39, 0.29) is 235 Å². The quantitative estimate of drug-likeness (QED) is 0.0206. The molecule has 0 saturated carbocycles. The normalized spacial score (nSPS) is 12.1. The van der Waals surface area contributed by atoms with Crippen LogP contribution in [0.1, 0.15) is 310 Å². The van der Waals surface area contributed by atoms with E-state index >= 15 is 0 Å². The second-order valence-electron chi connectivity index (χ2n) is 34.9. The zero-order valence-corrected chi connectivity index (χ0v) is 87.9. The number of halogens is 3. The Bertz CT molecular complexity index is 3460. The summed E-state index contributed by atoms with van der Waals surface area (Å²) >= 11 is 0. The molecule has 0 aliphatic heterocycles. The fourth-order valence-electron chi connectivity index (χ4n) is 13.0. The van der Waals surface area contributed by atoms with Crippen LogP contribution in [0.4, 0.5) is 18.0 Å². The first-order chi connectivity index (χ1) is 62.4. The summed E-state index contributed by atoms with van der Waals surface area (Å²) in [7, 11) is -6.25. The van der Waals surface area contributed by atoms with Crippen molar-refractivity contribution in [3.8, 4) is 0 Å². The van der Waals surface area contributed by atoms with E-state index in [1.165, 1.54) is 117 Å². The maximum atomic E-state index is 12.5. The van der Waals surface area contributed by atoms with E-state index in [0.29, 0.717) is 100 Å². The largest absolute Gasteiger partial charge is 0.565 e. The Morgan fingerprint density at radius 1 is 0.319 bits per heavy atom. The van der Waals surface area contributed by atoms with E-state index in [1.807, 2.05) is 28.2 Å². The third kappa shape index (κ3) is 107. The number of unbranched alkanes of at least 4 members (excludes halogenated alkanes) is 28. The Hall–Kier alpha value is -5.32. The number of likely N-dealkylation sites (N-methyl/N-ethyl adjacent to an activating group) is 2. The number of amides is 4. The molecule has 0 rings (SSSR count). The Labute approximate surface area is 827 Å². The first-order valence-electron chi connectivity index (χ1n) is 47.4. The van der Waals surface area contributed by atoms with Crippen molar-refractivity contribution in [1.82, 2.24) is 30.7 Å². The Morgan fingerprint density at radius 3 is 0.800 bits per heavy atom. The summed E-state index contributed by atoms with van der Waals surface area (Å²) in [6.45, 7) is 11.5. The predicted octanol–water partition coefficient (Wildman–Crippen LogP) is 7.93. The second-order valence-corrected chi connectivity index (χ2v) is 43.4. The van der Waals surface area contributed by atoms with E-state index in [4.69, 9.17) is 54.1 Å². The first kappa shape index (κ1) is 140. The number of carboxylic acid groups (broad SMARTS) is 5. The summed E-state index contributed by atoms with van der Waals surface area (Å²) < 4.78 is 159. The minimum Gasteiger partial charge on any atom is -0.565 e. The Kier molecular flexibility index (Phi) is 91.2. The van der Waals surface area contributed by atoms with Crippen molar-refractivity contribution in [2.45, 2.75) is 328 Å². The van der Waals surface area contributed by atoms with E-state index in [9.17, 15) is 94.8 Å². The third-order valence-corrected chi connectivity index (χ3v) is 27.7. The third-order valence-electron chi connectivity index (χ3n) is 21.1. The van der Waals surface area contributed by atoms with E-state index < -0.39 is 82.0 Å². The number of carbonyl (C=O) groups excluding carboxylic acids is 9. The van der Waals surface area contributed by atoms with Gasteiger partial charge in [0.1, 0.15) is 50.3 Å². The number of hydrogen-bond donors (Lipinski definition) is 9. The smallest absolute Gasteiger partial charge is 0.430 e. The molecule has 37 nitrogen and oxygen atoms in total. The van der Waals surface area contributed by atoms with Gasteiger partial charge >= 0.3 is 18.1 Å². The molecule has 0 aliphatic carbocycles. The molecule has 0 bridgehead atoms. The molecule has 0 aromatic rings. The number of carboxylic acids is 3. The van der Waals surface area contributed by atoms with Crippen LogP contribution < -0.4 is 40.9 Å².